The quantitative estimate of drug-likeness (QED) is 0.429. The molecule has 142 valence electrons. The van der Waals surface area contributed by atoms with E-state index in [0.29, 0.717) is 54.1 Å². The smallest absolute Gasteiger partial charge is 0.283 e. The van der Waals surface area contributed by atoms with E-state index in [-0.39, 0.29) is 0 Å². The van der Waals surface area contributed by atoms with Crippen molar-refractivity contribution >= 4 is 74.9 Å². The number of rotatable bonds is 2. The van der Waals surface area contributed by atoms with Crippen molar-refractivity contribution in [3.05, 3.63) is 96.3 Å². The molecule has 0 saturated heterocycles. The Morgan fingerprint density at radius 1 is 0.793 bits per heavy atom. The summed E-state index contributed by atoms with van der Waals surface area (Å²) in [7, 11) is 24.6. The van der Waals surface area contributed by atoms with Crippen molar-refractivity contribution in [2.45, 2.75) is 0 Å². The molecule has 0 unspecified atom stereocenters. The van der Waals surface area contributed by atoms with Crippen molar-refractivity contribution in [2.24, 2.45) is 0 Å². The molecule has 2 heterocycles. The second-order valence-corrected chi connectivity index (χ2v) is 7.86. The summed E-state index contributed by atoms with van der Waals surface area (Å²) in [5, 5.41) is 1.50. The minimum absolute atomic E-state index is 0.375. The van der Waals surface area contributed by atoms with Gasteiger partial charge in [0.2, 0.25) is 0 Å². The summed E-state index contributed by atoms with van der Waals surface area (Å²) < 4.78 is 2.80. The first kappa shape index (κ1) is 20.4. The zero-order valence-electron chi connectivity index (χ0n) is 14.7. The molecular weight excluding hydrogens is 450 g/mol. The van der Waals surface area contributed by atoms with E-state index in [0.717, 1.165) is 0 Å². The first-order valence-corrected chi connectivity index (χ1v) is 9.64. The van der Waals surface area contributed by atoms with Crippen LogP contribution in [0.4, 0.5) is 11.4 Å². The van der Waals surface area contributed by atoms with Gasteiger partial charge in [-0.1, -0.05) is 52.5 Å². The Morgan fingerprint density at radius 3 is 1.90 bits per heavy atom. The van der Waals surface area contributed by atoms with Crippen molar-refractivity contribution in [1.82, 2.24) is 4.57 Å². The zero-order chi connectivity index (χ0) is 21.0. The third kappa shape index (κ3) is 3.28. The van der Waals surface area contributed by atoms with Crippen LogP contribution < -0.4 is 14.4 Å². The minimum Gasteiger partial charge on any atom is -0.318 e. The van der Waals surface area contributed by atoms with E-state index in [4.69, 9.17) is 74.6 Å². The lowest BCUT2D eigenvalue weighted by atomic mass is 10.2. The molecule has 4 nitrogen and oxygen atoms in total. The van der Waals surface area contributed by atoms with Crippen LogP contribution in [0.25, 0.3) is 17.1 Å². The highest BCUT2D eigenvalue weighted by molar-refractivity contribution is 6.43. The summed E-state index contributed by atoms with van der Waals surface area (Å²) in [6, 6.07) is 6.57. The largest absolute Gasteiger partial charge is 0.318 e. The topological polar surface area (TPSA) is 15.3 Å². The average molecular weight is 461 g/mol. The predicted molar refractivity (Wildman–Crippen MR) is 119 cm³/mol. The van der Waals surface area contributed by atoms with Crippen LogP contribution in [-0.2, 0) is 0 Å². The van der Waals surface area contributed by atoms with E-state index in [2.05, 4.69) is 0 Å². The highest BCUT2D eigenvalue weighted by Crippen LogP contribution is 2.44. The summed E-state index contributed by atoms with van der Waals surface area (Å²) in [4.78, 5) is 2.80. The first-order valence-electron chi connectivity index (χ1n) is 8.13. The number of halogens is 4. The van der Waals surface area contributed by atoms with Gasteiger partial charge in [-0.3, -0.25) is 0 Å². The summed E-state index contributed by atoms with van der Waals surface area (Å²) in [5.41, 5.74) is 2.47. The number of aromatic nitrogens is 2. The van der Waals surface area contributed by atoms with Gasteiger partial charge in [0.15, 0.2) is 25.1 Å². The van der Waals surface area contributed by atoms with Crippen LogP contribution in [0.3, 0.4) is 0 Å². The van der Waals surface area contributed by atoms with E-state index in [9.17, 15) is 0 Å². The Balaban J connectivity index is 1.71. The molecular formula is C21H11Cl4N4+. The molecule has 4 rings (SSSR count). The SMILES string of the molecule is [CH]N1C(=C/C=C/c2n([CH])c3cc(Cl)c(Cl)cc3[n+]2[CH])N([CH])c2cc(Cl)c(Cl)cc21. The van der Waals surface area contributed by atoms with Crippen molar-refractivity contribution < 1.29 is 4.57 Å². The van der Waals surface area contributed by atoms with Crippen LogP contribution in [0.1, 0.15) is 5.82 Å². The lowest BCUT2D eigenvalue weighted by molar-refractivity contribution is -0.586. The van der Waals surface area contributed by atoms with Gasteiger partial charge in [0.1, 0.15) is 5.82 Å². The van der Waals surface area contributed by atoms with Crippen LogP contribution in [0.15, 0.2) is 42.2 Å². The molecule has 8 heteroatoms. The number of benzene rings is 2. The van der Waals surface area contributed by atoms with Crippen molar-refractivity contribution in [3.63, 3.8) is 0 Å². The molecule has 0 spiro atoms. The molecule has 3 aromatic rings. The van der Waals surface area contributed by atoms with Gasteiger partial charge in [-0.15, -0.1) is 0 Å². The average Bonchev–Trinajstić information content (AvgIpc) is 3.03. The first-order chi connectivity index (χ1) is 13.7. The number of fused-ring (bicyclic) bond motifs is 2. The van der Waals surface area contributed by atoms with Gasteiger partial charge in [-0.2, -0.15) is 0 Å². The zero-order valence-corrected chi connectivity index (χ0v) is 17.7. The molecule has 1 aliphatic rings. The second-order valence-electron chi connectivity index (χ2n) is 6.23. The fourth-order valence-electron chi connectivity index (χ4n) is 3.09. The van der Waals surface area contributed by atoms with E-state index in [1.165, 1.54) is 18.9 Å². The maximum absolute atomic E-state index is 6.15. The molecule has 0 N–H and O–H groups in total. The van der Waals surface area contributed by atoms with Gasteiger partial charge in [0.05, 0.1) is 45.6 Å². The highest BCUT2D eigenvalue weighted by atomic mass is 35.5. The maximum atomic E-state index is 6.15. The third-order valence-corrected chi connectivity index (χ3v) is 6.00. The minimum atomic E-state index is 0.375. The lowest BCUT2D eigenvalue weighted by Gasteiger charge is -2.16. The summed E-state index contributed by atoms with van der Waals surface area (Å²) in [6.45, 7) is 0. The van der Waals surface area contributed by atoms with Crippen LogP contribution >= 0.6 is 46.4 Å². The van der Waals surface area contributed by atoms with Crippen LogP contribution in [-0.4, -0.2) is 4.57 Å². The fraction of sp³-hybridized carbons (Fsp3) is 0. The number of nitrogens with zero attached hydrogens (tertiary/aromatic N) is 4. The molecule has 0 amide bonds. The second kappa shape index (κ2) is 7.44. The van der Waals surface area contributed by atoms with Gasteiger partial charge in [0.25, 0.3) is 5.82 Å². The standard InChI is InChI=1S/C21H11Cl4N4/c1-26-16-8-12(22)13(23)9-17(16)27(2)20(26)6-5-7-21-28(3)18-10-14(24)15(25)11-19(18)29(21)4/h1-11H/q+1. The Labute approximate surface area is 189 Å². The summed E-state index contributed by atoms with van der Waals surface area (Å²) in [5.74, 6) is 0.979. The van der Waals surface area contributed by atoms with Crippen LogP contribution in [0.5, 0.6) is 0 Å². The summed E-state index contributed by atoms with van der Waals surface area (Å²) in [6.07, 6.45) is 5.09. The maximum Gasteiger partial charge on any atom is 0.283 e. The van der Waals surface area contributed by atoms with E-state index in [1.54, 1.807) is 42.5 Å². The van der Waals surface area contributed by atoms with Gasteiger partial charge in [0, 0.05) is 18.2 Å². The van der Waals surface area contributed by atoms with Gasteiger partial charge in [-0.05, 0) is 18.2 Å². The van der Waals surface area contributed by atoms with E-state index < -0.39 is 0 Å². The van der Waals surface area contributed by atoms with E-state index >= 15 is 0 Å². The normalized spacial score (nSPS) is 13.9. The molecule has 1 aromatic heterocycles. The third-order valence-electron chi connectivity index (χ3n) is 4.55. The van der Waals surface area contributed by atoms with Crippen LogP contribution in [0, 0.1) is 28.2 Å². The monoisotopic (exact) mass is 459 g/mol. The van der Waals surface area contributed by atoms with Gasteiger partial charge >= 0.3 is 0 Å². The Bertz CT molecular complexity index is 1130. The fourth-order valence-corrected chi connectivity index (χ4v) is 3.72. The predicted octanol–water partition coefficient (Wildman–Crippen LogP) is 6.09. The molecule has 0 saturated carbocycles. The van der Waals surface area contributed by atoms with E-state index in [1.807, 2.05) is 0 Å². The molecule has 8 radical (unpaired) electrons. The molecule has 1 aliphatic heterocycles. The Kier molecular flexibility index (Phi) is 5.24. The van der Waals surface area contributed by atoms with Gasteiger partial charge in [-0.25, -0.2) is 9.13 Å². The molecule has 2 aromatic carbocycles. The number of anilines is 2. The molecule has 0 fully saturated rings. The molecule has 0 bridgehead atoms. The summed E-state index contributed by atoms with van der Waals surface area (Å²) >= 11 is 24.3. The number of allylic oxidation sites excluding steroid dienone is 2. The molecule has 29 heavy (non-hydrogen) atoms. The Hall–Kier alpha value is -1.85. The lowest BCUT2D eigenvalue weighted by Crippen LogP contribution is -2.28. The highest BCUT2D eigenvalue weighted by Gasteiger charge is 2.27. The van der Waals surface area contributed by atoms with Crippen molar-refractivity contribution in [1.29, 1.82) is 0 Å². The number of imidazole rings is 1. The molecule has 0 atom stereocenters. The molecule has 0 aliphatic carbocycles. The number of hydrogen-bond acceptors (Lipinski definition) is 2. The van der Waals surface area contributed by atoms with Crippen molar-refractivity contribution in [2.75, 3.05) is 9.80 Å². The van der Waals surface area contributed by atoms with Crippen LogP contribution in [0.2, 0.25) is 20.1 Å². The Morgan fingerprint density at radius 2 is 1.31 bits per heavy atom. The number of hydrogen-bond donors (Lipinski definition) is 0. The van der Waals surface area contributed by atoms with Crippen molar-refractivity contribution in [3.8, 4) is 0 Å². The van der Waals surface area contributed by atoms with Gasteiger partial charge < -0.3 is 9.80 Å².